The zero-order valence-corrected chi connectivity index (χ0v) is 10.3. The summed E-state index contributed by atoms with van der Waals surface area (Å²) in [5.41, 5.74) is 3.85. The van der Waals surface area contributed by atoms with Gasteiger partial charge in [-0.15, -0.1) is 0 Å². The fraction of sp³-hybridized carbons (Fsp3) is 0.571. The van der Waals surface area contributed by atoms with Crippen molar-refractivity contribution in [3.63, 3.8) is 0 Å². The topological polar surface area (TPSA) is 20.2 Å². The van der Waals surface area contributed by atoms with Gasteiger partial charge >= 0.3 is 0 Å². The van der Waals surface area contributed by atoms with E-state index in [1.54, 1.807) is 0 Å². The molecule has 0 aliphatic heterocycles. The Morgan fingerprint density at radius 3 is 2.67 bits per heavy atom. The van der Waals surface area contributed by atoms with Crippen LogP contribution in [-0.2, 0) is 0 Å². The van der Waals surface area contributed by atoms with Gasteiger partial charge in [-0.25, -0.2) is 0 Å². The number of allylic oxidation sites excluding steroid dienone is 4. The predicted octanol–water partition coefficient (Wildman–Crippen LogP) is 3.62. The van der Waals surface area contributed by atoms with E-state index in [1.807, 2.05) is 6.92 Å². The van der Waals surface area contributed by atoms with Crippen LogP contribution in [0.5, 0.6) is 0 Å². The van der Waals surface area contributed by atoms with Crippen molar-refractivity contribution in [2.45, 2.75) is 46.6 Å². The smallest absolute Gasteiger partial charge is 0.0549 e. The van der Waals surface area contributed by atoms with Crippen molar-refractivity contribution in [1.29, 1.82) is 0 Å². The molecule has 0 radical (unpaired) electrons. The van der Waals surface area contributed by atoms with Gasteiger partial charge in [0.1, 0.15) is 0 Å². The minimum absolute atomic E-state index is 0.158. The van der Waals surface area contributed by atoms with Gasteiger partial charge in [0.05, 0.1) is 6.10 Å². The number of hydrogen-bond donors (Lipinski definition) is 1. The van der Waals surface area contributed by atoms with Crippen molar-refractivity contribution in [3.8, 4) is 0 Å². The summed E-state index contributed by atoms with van der Waals surface area (Å²) < 4.78 is 0. The molecule has 0 aromatic heterocycles. The summed E-state index contributed by atoms with van der Waals surface area (Å²) in [6.07, 6.45) is 5.80. The maximum atomic E-state index is 9.43. The molecule has 1 rings (SSSR count). The zero-order valence-electron chi connectivity index (χ0n) is 10.3. The summed E-state index contributed by atoms with van der Waals surface area (Å²) in [6, 6.07) is 0. The molecule has 1 atom stereocenters. The molecule has 0 saturated heterocycles. The molecule has 1 nitrogen and oxygen atoms in total. The van der Waals surface area contributed by atoms with Crippen molar-refractivity contribution >= 4 is 0 Å². The van der Waals surface area contributed by atoms with E-state index in [9.17, 15) is 5.11 Å². The molecule has 0 heterocycles. The summed E-state index contributed by atoms with van der Waals surface area (Å²) in [5, 5.41) is 9.43. The first-order valence-electron chi connectivity index (χ1n) is 5.58. The van der Waals surface area contributed by atoms with Crippen molar-refractivity contribution in [3.05, 3.63) is 35.5 Å². The number of hydrogen-bond acceptors (Lipinski definition) is 1. The van der Waals surface area contributed by atoms with E-state index in [0.717, 1.165) is 18.4 Å². The van der Waals surface area contributed by atoms with Crippen LogP contribution in [-0.4, -0.2) is 11.2 Å². The molecule has 1 unspecified atom stereocenters. The number of aliphatic hydroxyl groups is 1. The lowest BCUT2D eigenvalue weighted by atomic mass is 9.72. The van der Waals surface area contributed by atoms with Crippen LogP contribution in [0.4, 0.5) is 0 Å². The van der Waals surface area contributed by atoms with E-state index in [-0.39, 0.29) is 11.5 Å². The minimum atomic E-state index is -0.271. The minimum Gasteiger partial charge on any atom is -0.393 e. The molecule has 1 heteroatoms. The van der Waals surface area contributed by atoms with Crippen LogP contribution < -0.4 is 0 Å². The van der Waals surface area contributed by atoms with Crippen molar-refractivity contribution in [2.75, 3.05) is 0 Å². The van der Waals surface area contributed by atoms with Gasteiger partial charge in [-0.2, -0.15) is 0 Å². The third-order valence-electron chi connectivity index (χ3n) is 2.97. The Hall–Kier alpha value is -0.820. The van der Waals surface area contributed by atoms with Crippen molar-refractivity contribution in [1.82, 2.24) is 0 Å². The standard InChI is InChI=1S/C14H22O/c1-10-7-6-8-14(4,5)13(10)11(2)9-12(3)15/h6-7,12,15H,1,8-9H2,2-5H3. The summed E-state index contributed by atoms with van der Waals surface area (Å²) >= 11 is 0. The largest absolute Gasteiger partial charge is 0.393 e. The Balaban J connectivity index is 3.08. The van der Waals surface area contributed by atoms with Crippen LogP contribution in [0.1, 0.15) is 40.5 Å². The Morgan fingerprint density at radius 1 is 1.60 bits per heavy atom. The Morgan fingerprint density at radius 2 is 2.20 bits per heavy atom. The Bertz CT molecular complexity index is 316. The molecule has 0 spiro atoms. The first-order chi connectivity index (χ1) is 6.84. The molecule has 1 aliphatic carbocycles. The molecule has 0 saturated carbocycles. The normalized spacial score (nSPS) is 25.3. The average Bonchev–Trinajstić information content (AvgIpc) is 1.99. The molecular formula is C14H22O. The van der Waals surface area contributed by atoms with E-state index in [1.165, 1.54) is 11.1 Å². The van der Waals surface area contributed by atoms with Gasteiger partial charge < -0.3 is 5.11 Å². The molecule has 0 aromatic carbocycles. The number of rotatable bonds is 2. The SMILES string of the molecule is C=C1C=CCC(C)(C)C1=C(C)CC(C)O. The summed E-state index contributed by atoms with van der Waals surface area (Å²) in [7, 11) is 0. The molecule has 0 amide bonds. The Labute approximate surface area is 93.2 Å². The molecule has 84 valence electrons. The molecule has 0 bridgehead atoms. The lowest BCUT2D eigenvalue weighted by Crippen LogP contribution is -2.20. The van der Waals surface area contributed by atoms with Gasteiger partial charge in [-0.3, -0.25) is 0 Å². The van der Waals surface area contributed by atoms with Crippen LogP contribution in [0, 0.1) is 5.41 Å². The van der Waals surface area contributed by atoms with E-state index in [2.05, 4.69) is 39.5 Å². The lowest BCUT2D eigenvalue weighted by Gasteiger charge is -2.33. The fourth-order valence-electron chi connectivity index (χ4n) is 2.51. The van der Waals surface area contributed by atoms with Gasteiger partial charge in [-0.05, 0) is 43.3 Å². The van der Waals surface area contributed by atoms with Crippen LogP contribution in [0.25, 0.3) is 0 Å². The van der Waals surface area contributed by atoms with Crippen molar-refractivity contribution in [2.24, 2.45) is 5.41 Å². The van der Waals surface area contributed by atoms with Crippen LogP contribution in [0.2, 0.25) is 0 Å². The monoisotopic (exact) mass is 206 g/mol. The van der Waals surface area contributed by atoms with Crippen LogP contribution >= 0.6 is 0 Å². The lowest BCUT2D eigenvalue weighted by molar-refractivity contribution is 0.194. The molecule has 15 heavy (non-hydrogen) atoms. The highest BCUT2D eigenvalue weighted by Gasteiger charge is 2.27. The molecule has 0 fully saturated rings. The third kappa shape index (κ3) is 2.82. The maximum absolute atomic E-state index is 9.43. The van der Waals surface area contributed by atoms with Crippen LogP contribution in [0.3, 0.4) is 0 Å². The highest BCUT2D eigenvalue weighted by Crippen LogP contribution is 2.41. The quantitative estimate of drug-likeness (QED) is 0.731. The third-order valence-corrected chi connectivity index (χ3v) is 2.97. The second-order valence-electron chi connectivity index (χ2n) is 5.22. The average molecular weight is 206 g/mol. The second kappa shape index (κ2) is 4.36. The zero-order chi connectivity index (χ0) is 11.6. The van der Waals surface area contributed by atoms with E-state index >= 15 is 0 Å². The first-order valence-corrected chi connectivity index (χ1v) is 5.58. The molecule has 1 aliphatic rings. The Kier molecular flexibility index (Phi) is 3.56. The van der Waals surface area contributed by atoms with Gasteiger partial charge in [0, 0.05) is 0 Å². The maximum Gasteiger partial charge on any atom is 0.0549 e. The van der Waals surface area contributed by atoms with Gasteiger partial charge in [0.2, 0.25) is 0 Å². The second-order valence-corrected chi connectivity index (χ2v) is 5.22. The molecular weight excluding hydrogens is 184 g/mol. The predicted molar refractivity (Wildman–Crippen MR) is 65.7 cm³/mol. The summed E-state index contributed by atoms with van der Waals surface area (Å²) in [4.78, 5) is 0. The summed E-state index contributed by atoms with van der Waals surface area (Å²) in [6.45, 7) is 12.5. The van der Waals surface area contributed by atoms with Gasteiger partial charge in [0.25, 0.3) is 0 Å². The van der Waals surface area contributed by atoms with Gasteiger partial charge in [-0.1, -0.05) is 38.2 Å². The first kappa shape index (κ1) is 12.3. The van der Waals surface area contributed by atoms with E-state index in [0.29, 0.717) is 0 Å². The van der Waals surface area contributed by atoms with Crippen molar-refractivity contribution < 1.29 is 5.11 Å². The highest BCUT2D eigenvalue weighted by atomic mass is 16.3. The fourth-order valence-corrected chi connectivity index (χ4v) is 2.51. The molecule has 0 aromatic rings. The summed E-state index contributed by atoms with van der Waals surface area (Å²) in [5.74, 6) is 0. The van der Waals surface area contributed by atoms with Gasteiger partial charge in [0.15, 0.2) is 0 Å². The molecule has 1 N–H and O–H groups in total. The highest BCUT2D eigenvalue weighted by molar-refractivity contribution is 5.47. The van der Waals surface area contributed by atoms with E-state index in [4.69, 9.17) is 0 Å². The van der Waals surface area contributed by atoms with E-state index < -0.39 is 0 Å². The van der Waals surface area contributed by atoms with Crippen LogP contribution in [0.15, 0.2) is 35.5 Å². The number of aliphatic hydroxyl groups excluding tert-OH is 1.